The molecule has 6 heteroatoms. The second-order valence-corrected chi connectivity index (χ2v) is 7.30. The summed E-state index contributed by atoms with van der Waals surface area (Å²) in [5, 5.41) is 21.1. The maximum atomic E-state index is 10.6. The van der Waals surface area contributed by atoms with Crippen LogP contribution in [0.4, 0.5) is 5.69 Å². The molecule has 1 aromatic carbocycles. The first-order chi connectivity index (χ1) is 12.5. The molecule has 1 atom stereocenters. The Labute approximate surface area is 160 Å². The number of anilines is 1. The van der Waals surface area contributed by atoms with Gasteiger partial charge in [-0.3, -0.25) is 0 Å². The monoisotopic (exact) mass is 374 g/mol. The molecule has 0 amide bonds. The average Bonchev–Trinajstić information content (AvgIpc) is 3.19. The highest BCUT2D eigenvalue weighted by atomic mass is 32.1. The Balaban J connectivity index is 1.80. The Bertz CT molecular complexity index is 656. The third-order valence-electron chi connectivity index (χ3n) is 4.19. The first-order valence-corrected chi connectivity index (χ1v) is 10.0. The zero-order chi connectivity index (χ0) is 18.8. The van der Waals surface area contributed by atoms with Crippen LogP contribution in [0.3, 0.4) is 0 Å². The van der Waals surface area contributed by atoms with Crippen molar-refractivity contribution < 1.29 is 5.11 Å². The molecule has 0 saturated heterocycles. The first kappa shape index (κ1) is 20.3. The van der Waals surface area contributed by atoms with Crippen molar-refractivity contribution >= 4 is 23.0 Å². The molecule has 1 aromatic heterocycles. The topological polar surface area (TPSA) is 59.9 Å². The van der Waals surface area contributed by atoms with E-state index in [0.717, 1.165) is 37.6 Å². The summed E-state index contributed by atoms with van der Waals surface area (Å²) in [6, 6.07) is 12.3. The lowest BCUT2D eigenvalue weighted by Gasteiger charge is -2.22. The fraction of sp³-hybridized carbons (Fsp3) is 0.450. The number of hydrogen-bond acceptors (Lipinski definition) is 4. The predicted octanol–water partition coefficient (Wildman–Crippen LogP) is 3.04. The molecule has 2 rings (SSSR count). The molecule has 1 heterocycles. The summed E-state index contributed by atoms with van der Waals surface area (Å²) >= 11 is 1.58. The van der Waals surface area contributed by atoms with Gasteiger partial charge in [-0.15, -0.1) is 0 Å². The number of para-hydroxylation sites is 1. The highest BCUT2D eigenvalue weighted by molar-refractivity contribution is 7.08. The van der Waals surface area contributed by atoms with Crippen LogP contribution in [-0.2, 0) is 5.60 Å². The molecule has 5 nitrogen and oxygen atoms in total. The van der Waals surface area contributed by atoms with Gasteiger partial charge in [0.1, 0.15) is 5.60 Å². The average molecular weight is 375 g/mol. The van der Waals surface area contributed by atoms with Crippen LogP contribution in [0.2, 0.25) is 0 Å². The van der Waals surface area contributed by atoms with Crippen molar-refractivity contribution in [3.05, 3.63) is 52.7 Å². The summed E-state index contributed by atoms with van der Waals surface area (Å²) in [5.74, 6) is 0.741. The van der Waals surface area contributed by atoms with E-state index < -0.39 is 5.60 Å². The number of aliphatic imine (C=N–C) groups is 1. The van der Waals surface area contributed by atoms with Gasteiger partial charge < -0.3 is 20.6 Å². The van der Waals surface area contributed by atoms with Crippen LogP contribution >= 0.6 is 11.3 Å². The van der Waals surface area contributed by atoms with E-state index in [2.05, 4.69) is 51.8 Å². The quantitative estimate of drug-likeness (QED) is 0.359. The van der Waals surface area contributed by atoms with Crippen molar-refractivity contribution in [2.24, 2.45) is 4.99 Å². The van der Waals surface area contributed by atoms with Gasteiger partial charge in [0, 0.05) is 32.4 Å². The van der Waals surface area contributed by atoms with E-state index in [1.807, 2.05) is 29.8 Å². The number of aliphatic hydroxyl groups is 1. The van der Waals surface area contributed by atoms with E-state index in [-0.39, 0.29) is 0 Å². The summed E-state index contributed by atoms with van der Waals surface area (Å²) in [7, 11) is 2.10. The number of thiophene rings is 1. The Morgan fingerprint density at radius 3 is 2.65 bits per heavy atom. The largest absolute Gasteiger partial charge is 0.383 e. The lowest BCUT2D eigenvalue weighted by atomic mass is 10.00. The molecule has 0 fully saturated rings. The van der Waals surface area contributed by atoms with Crippen LogP contribution in [-0.4, -0.2) is 44.3 Å². The molecule has 0 aliphatic carbocycles. The van der Waals surface area contributed by atoms with Gasteiger partial charge in [-0.05, 0) is 54.8 Å². The Morgan fingerprint density at radius 2 is 2.00 bits per heavy atom. The Hall–Kier alpha value is -2.05. The molecule has 2 aromatic rings. The van der Waals surface area contributed by atoms with Crippen molar-refractivity contribution in [1.29, 1.82) is 0 Å². The lowest BCUT2D eigenvalue weighted by molar-refractivity contribution is 0.0677. The number of rotatable bonds is 9. The van der Waals surface area contributed by atoms with Gasteiger partial charge in [0.25, 0.3) is 0 Å². The molecule has 0 saturated carbocycles. The first-order valence-electron chi connectivity index (χ1n) is 9.06. The Morgan fingerprint density at radius 1 is 1.23 bits per heavy atom. The van der Waals surface area contributed by atoms with E-state index in [9.17, 15) is 5.11 Å². The zero-order valence-corrected chi connectivity index (χ0v) is 16.7. The van der Waals surface area contributed by atoms with E-state index in [0.29, 0.717) is 6.54 Å². The molecular formula is C20H30N4OS. The van der Waals surface area contributed by atoms with Gasteiger partial charge in [0.2, 0.25) is 0 Å². The summed E-state index contributed by atoms with van der Waals surface area (Å²) in [5.41, 5.74) is 1.18. The second-order valence-electron chi connectivity index (χ2n) is 6.52. The van der Waals surface area contributed by atoms with Crippen molar-refractivity contribution in [2.75, 3.05) is 38.1 Å². The Kier molecular flexibility index (Phi) is 7.94. The second kappa shape index (κ2) is 10.2. The number of guanidine groups is 1. The molecule has 1 unspecified atom stereocenters. The molecule has 0 aliphatic heterocycles. The molecule has 142 valence electrons. The minimum Gasteiger partial charge on any atom is -0.383 e. The third kappa shape index (κ3) is 6.35. The fourth-order valence-corrected chi connectivity index (χ4v) is 3.35. The van der Waals surface area contributed by atoms with Crippen molar-refractivity contribution in [2.45, 2.75) is 25.9 Å². The van der Waals surface area contributed by atoms with Gasteiger partial charge in [0.15, 0.2) is 5.96 Å². The molecule has 0 aliphatic rings. The number of nitrogens with one attached hydrogen (secondary N) is 2. The normalized spacial score (nSPS) is 13.9. The van der Waals surface area contributed by atoms with Crippen LogP contribution < -0.4 is 15.5 Å². The van der Waals surface area contributed by atoms with Crippen LogP contribution in [0.15, 0.2) is 52.2 Å². The van der Waals surface area contributed by atoms with E-state index >= 15 is 0 Å². The molecule has 0 spiro atoms. The molecule has 0 radical (unpaired) electrons. The highest BCUT2D eigenvalue weighted by Gasteiger charge is 2.23. The molecule has 26 heavy (non-hydrogen) atoms. The van der Waals surface area contributed by atoms with Gasteiger partial charge in [0.05, 0.1) is 6.54 Å². The number of nitrogens with zero attached hydrogens (tertiary/aromatic N) is 2. The smallest absolute Gasteiger partial charge is 0.191 e. The number of benzene rings is 1. The lowest BCUT2D eigenvalue weighted by Crippen LogP contribution is -2.40. The van der Waals surface area contributed by atoms with Gasteiger partial charge in [-0.1, -0.05) is 18.2 Å². The van der Waals surface area contributed by atoms with E-state index in [1.165, 1.54) is 5.69 Å². The maximum absolute atomic E-state index is 10.6. The summed E-state index contributed by atoms with van der Waals surface area (Å²) < 4.78 is 0. The highest BCUT2D eigenvalue weighted by Crippen LogP contribution is 2.23. The van der Waals surface area contributed by atoms with Crippen LogP contribution in [0.5, 0.6) is 0 Å². The minimum atomic E-state index is -0.949. The fourth-order valence-electron chi connectivity index (χ4n) is 2.57. The van der Waals surface area contributed by atoms with Crippen LogP contribution in [0.1, 0.15) is 25.8 Å². The van der Waals surface area contributed by atoms with Gasteiger partial charge >= 0.3 is 0 Å². The van der Waals surface area contributed by atoms with Crippen molar-refractivity contribution in [3.63, 3.8) is 0 Å². The van der Waals surface area contributed by atoms with Gasteiger partial charge in [-0.25, -0.2) is 4.99 Å². The maximum Gasteiger partial charge on any atom is 0.191 e. The standard InChI is InChI=1S/C20H30N4OS/c1-4-21-19(23-16-20(2,25)17-11-14-26-15-17)22-12-8-13-24(3)18-9-6-5-7-10-18/h5-7,9-11,14-15,25H,4,8,12-13,16H2,1-3H3,(H2,21,22,23). The van der Waals surface area contributed by atoms with Crippen LogP contribution in [0.25, 0.3) is 0 Å². The van der Waals surface area contributed by atoms with Crippen LogP contribution in [0, 0.1) is 0 Å². The predicted molar refractivity (Wildman–Crippen MR) is 112 cm³/mol. The SMILES string of the molecule is CCNC(=NCC(C)(O)c1ccsc1)NCCCN(C)c1ccccc1. The molecular weight excluding hydrogens is 344 g/mol. The summed E-state index contributed by atoms with van der Waals surface area (Å²) in [6.07, 6.45) is 0.997. The minimum absolute atomic E-state index is 0.322. The van der Waals surface area contributed by atoms with Crippen molar-refractivity contribution in [3.8, 4) is 0 Å². The van der Waals surface area contributed by atoms with E-state index in [1.54, 1.807) is 18.3 Å². The molecule has 3 N–H and O–H groups in total. The molecule has 0 bridgehead atoms. The third-order valence-corrected chi connectivity index (χ3v) is 4.88. The van der Waals surface area contributed by atoms with Crippen molar-refractivity contribution in [1.82, 2.24) is 10.6 Å². The van der Waals surface area contributed by atoms with E-state index in [4.69, 9.17) is 0 Å². The summed E-state index contributed by atoms with van der Waals surface area (Å²) in [6.45, 7) is 6.74. The van der Waals surface area contributed by atoms with Gasteiger partial charge in [-0.2, -0.15) is 11.3 Å². The number of hydrogen-bond donors (Lipinski definition) is 3. The summed E-state index contributed by atoms with van der Waals surface area (Å²) in [4.78, 5) is 6.79. The zero-order valence-electron chi connectivity index (χ0n) is 15.9.